The average molecular weight is 188 g/mol. The van der Waals surface area contributed by atoms with Gasteiger partial charge in [0.05, 0.1) is 12.8 Å². The standard InChI is InChI=1S/C8H16N2O3/c1-10(2)9-6-8-12-5-4-7(11-3)13-8/h6-8H,4-5H2,1-3H3/b9-6+/t7-,8-/m0/s1. The van der Waals surface area contributed by atoms with Gasteiger partial charge in [0.15, 0.2) is 12.6 Å². The van der Waals surface area contributed by atoms with E-state index >= 15 is 0 Å². The fourth-order valence-electron chi connectivity index (χ4n) is 0.977. The van der Waals surface area contributed by atoms with Gasteiger partial charge in [0, 0.05) is 27.6 Å². The molecular formula is C8H16N2O3. The Balaban J connectivity index is 2.33. The lowest BCUT2D eigenvalue weighted by atomic mass is 10.4. The van der Waals surface area contributed by atoms with Crippen LogP contribution in [0.1, 0.15) is 6.42 Å². The number of hydrogen-bond acceptors (Lipinski definition) is 5. The van der Waals surface area contributed by atoms with Crippen molar-refractivity contribution >= 4 is 6.21 Å². The zero-order valence-corrected chi connectivity index (χ0v) is 8.27. The Bertz CT molecular complexity index is 173. The van der Waals surface area contributed by atoms with Gasteiger partial charge in [0.2, 0.25) is 0 Å². The van der Waals surface area contributed by atoms with Crippen molar-refractivity contribution in [1.29, 1.82) is 0 Å². The second kappa shape index (κ2) is 5.16. The van der Waals surface area contributed by atoms with Gasteiger partial charge >= 0.3 is 0 Å². The van der Waals surface area contributed by atoms with Gasteiger partial charge in [-0.1, -0.05) is 0 Å². The smallest absolute Gasteiger partial charge is 0.198 e. The molecule has 0 saturated carbocycles. The van der Waals surface area contributed by atoms with Gasteiger partial charge in [-0.15, -0.1) is 0 Å². The van der Waals surface area contributed by atoms with Gasteiger partial charge in [-0.05, 0) is 0 Å². The first-order valence-corrected chi connectivity index (χ1v) is 4.23. The predicted molar refractivity (Wildman–Crippen MR) is 48.4 cm³/mol. The third kappa shape index (κ3) is 3.71. The van der Waals surface area contributed by atoms with Crippen molar-refractivity contribution in [3.05, 3.63) is 0 Å². The van der Waals surface area contributed by atoms with E-state index in [1.807, 2.05) is 14.1 Å². The first-order valence-electron chi connectivity index (χ1n) is 4.23. The summed E-state index contributed by atoms with van der Waals surface area (Å²) in [7, 11) is 5.30. The lowest BCUT2D eigenvalue weighted by Crippen LogP contribution is -2.34. The van der Waals surface area contributed by atoms with E-state index in [0.717, 1.165) is 6.42 Å². The number of hydrogen-bond donors (Lipinski definition) is 0. The molecule has 0 spiro atoms. The molecular weight excluding hydrogens is 172 g/mol. The molecule has 0 N–H and O–H groups in total. The Morgan fingerprint density at radius 2 is 2.31 bits per heavy atom. The third-order valence-corrected chi connectivity index (χ3v) is 1.60. The topological polar surface area (TPSA) is 43.3 Å². The minimum Gasteiger partial charge on any atom is -0.356 e. The second-order valence-corrected chi connectivity index (χ2v) is 2.94. The van der Waals surface area contributed by atoms with Crippen LogP contribution >= 0.6 is 0 Å². The van der Waals surface area contributed by atoms with E-state index in [1.54, 1.807) is 18.3 Å². The van der Waals surface area contributed by atoms with E-state index in [1.165, 1.54) is 0 Å². The van der Waals surface area contributed by atoms with Crippen LogP contribution in [0.15, 0.2) is 5.10 Å². The Morgan fingerprint density at radius 1 is 1.54 bits per heavy atom. The van der Waals surface area contributed by atoms with Crippen LogP contribution in [0.25, 0.3) is 0 Å². The lowest BCUT2D eigenvalue weighted by Gasteiger charge is -2.26. The summed E-state index contributed by atoms with van der Waals surface area (Å²) >= 11 is 0. The van der Waals surface area contributed by atoms with Gasteiger partial charge in [0.1, 0.15) is 0 Å². The molecule has 5 heteroatoms. The zero-order valence-electron chi connectivity index (χ0n) is 8.27. The molecule has 13 heavy (non-hydrogen) atoms. The van der Waals surface area contributed by atoms with Gasteiger partial charge in [0.25, 0.3) is 0 Å². The normalized spacial score (nSPS) is 29.5. The Kier molecular flexibility index (Phi) is 4.14. The number of ether oxygens (including phenoxy) is 3. The molecule has 5 nitrogen and oxygen atoms in total. The molecule has 0 aromatic heterocycles. The monoisotopic (exact) mass is 188 g/mol. The lowest BCUT2D eigenvalue weighted by molar-refractivity contribution is -0.250. The van der Waals surface area contributed by atoms with Crippen molar-refractivity contribution in [3.8, 4) is 0 Å². The molecule has 0 amide bonds. The van der Waals surface area contributed by atoms with Crippen LogP contribution in [-0.4, -0.2) is 51.6 Å². The fraction of sp³-hybridized carbons (Fsp3) is 0.875. The van der Waals surface area contributed by atoms with Crippen molar-refractivity contribution in [2.24, 2.45) is 5.10 Å². The maximum absolute atomic E-state index is 5.37. The van der Waals surface area contributed by atoms with Crippen molar-refractivity contribution in [2.75, 3.05) is 27.8 Å². The largest absolute Gasteiger partial charge is 0.356 e. The van der Waals surface area contributed by atoms with Crippen LogP contribution < -0.4 is 0 Å². The second-order valence-electron chi connectivity index (χ2n) is 2.94. The molecule has 1 aliphatic heterocycles. The van der Waals surface area contributed by atoms with Crippen LogP contribution in [0.5, 0.6) is 0 Å². The van der Waals surface area contributed by atoms with E-state index in [-0.39, 0.29) is 12.6 Å². The van der Waals surface area contributed by atoms with E-state index in [9.17, 15) is 0 Å². The van der Waals surface area contributed by atoms with Crippen LogP contribution in [-0.2, 0) is 14.2 Å². The Morgan fingerprint density at radius 3 is 2.92 bits per heavy atom. The highest BCUT2D eigenvalue weighted by atomic mass is 16.8. The summed E-state index contributed by atoms with van der Waals surface area (Å²) in [5, 5.41) is 5.70. The summed E-state index contributed by atoms with van der Waals surface area (Å²) in [6.45, 7) is 0.641. The van der Waals surface area contributed by atoms with Crippen LogP contribution in [0.4, 0.5) is 0 Å². The highest BCUT2D eigenvalue weighted by Gasteiger charge is 2.20. The molecule has 1 heterocycles. The molecule has 76 valence electrons. The third-order valence-electron chi connectivity index (χ3n) is 1.60. The average Bonchev–Trinajstić information content (AvgIpc) is 2.15. The van der Waals surface area contributed by atoms with E-state index in [2.05, 4.69) is 5.10 Å². The van der Waals surface area contributed by atoms with Crippen LogP contribution in [0.3, 0.4) is 0 Å². The Hall–Kier alpha value is -0.650. The number of nitrogens with zero attached hydrogens (tertiary/aromatic N) is 2. The summed E-state index contributed by atoms with van der Waals surface area (Å²) in [4.78, 5) is 0. The van der Waals surface area contributed by atoms with E-state index in [0.29, 0.717) is 6.61 Å². The van der Waals surface area contributed by atoms with Gasteiger partial charge in [-0.2, -0.15) is 5.10 Å². The van der Waals surface area contributed by atoms with Crippen molar-refractivity contribution < 1.29 is 14.2 Å². The molecule has 0 aliphatic carbocycles. The summed E-state index contributed by atoms with van der Waals surface area (Å²) in [5.74, 6) is 0. The SMILES string of the molecule is CO[C@@H]1CCO[C@H](/C=N/N(C)C)O1. The summed E-state index contributed by atoms with van der Waals surface area (Å²) < 4.78 is 15.7. The number of hydrazone groups is 1. The molecule has 0 aromatic carbocycles. The highest BCUT2D eigenvalue weighted by molar-refractivity contribution is 5.60. The van der Waals surface area contributed by atoms with Crippen LogP contribution in [0.2, 0.25) is 0 Å². The predicted octanol–water partition coefficient (Wildman–Crippen LogP) is 0.269. The fourth-order valence-corrected chi connectivity index (χ4v) is 0.977. The summed E-state index contributed by atoms with van der Waals surface area (Å²) in [5.41, 5.74) is 0. The van der Waals surface area contributed by atoms with Crippen LogP contribution in [0, 0.1) is 0 Å². The molecule has 1 rings (SSSR count). The van der Waals surface area contributed by atoms with Gasteiger partial charge in [-0.25, -0.2) is 0 Å². The van der Waals surface area contributed by atoms with Gasteiger partial charge in [-0.3, -0.25) is 0 Å². The van der Waals surface area contributed by atoms with E-state index in [4.69, 9.17) is 14.2 Å². The van der Waals surface area contributed by atoms with Crippen molar-refractivity contribution in [3.63, 3.8) is 0 Å². The maximum Gasteiger partial charge on any atom is 0.198 e. The summed E-state index contributed by atoms with van der Waals surface area (Å²) in [6.07, 6.45) is 1.82. The zero-order chi connectivity index (χ0) is 9.68. The minimum atomic E-state index is -0.388. The van der Waals surface area contributed by atoms with Crippen molar-refractivity contribution in [2.45, 2.75) is 19.0 Å². The highest BCUT2D eigenvalue weighted by Crippen LogP contribution is 2.11. The molecule has 0 aromatic rings. The summed E-state index contributed by atoms with van der Waals surface area (Å²) in [6, 6.07) is 0. The minimum absolute atomic E-state index is 0.174. The van der Waals surface area contributed by atoms with Crippen molar-refractivity contribution in [1.82, 2.24) is 5.01 Å². The first-order chi connectivity index (χ1) is 6.22. The van der Waals surface area contributed by atoms with Gasteiger partial charge < -0.3 is 19.2 Å². The quantitative estimate of drug-likeness (QED) is 0.471. The molecule has 0 radical (unpaired) electrons. The number of rotatable bonds is 3. The molecule has 1 aliphatic rings. The Labute approximate surface area is 78.3 Å². The number of methoxy groups -OCH3 is 1. The maximum atomic E-state index is 5.37. The first kappa shape index (κ1) is 10.4. The molecule has 2 atom stereocenters. The molecule has 1 fully saturated rings. The molecule has 0 unspecified atom stereocenters. The molecule has 0 bridgehead atoms. The van der Waals surface area contributed by atoms with E-state index < -0.39 is 0 Å². The molecule has 1 saturated heterocycles.